The average molecular weight is 313 g/mol. The van der Waals surface area contributed by atoms with Gasteiger partial charge in [0.2, 0.25) is 0 Å². The van der Waals surface area contributed by atoms with Gasteiger partial charge in [0.25, 0.3) is 0 Å². The van der Waals surface area contributed by atoms with Gasteiger partial charge in [-0.3, -0.25) is 0 Å². The smallest absolute Gasteiger partial charge is 0.0841 e. The Morgan fingerprint density at radius 2 is 1.00 bits per heavy atom. The summed E-state index contributed by atoms with van der Waals surface area (Å²) in [6, 6.07) is 0. The van der Waals surface area contributed by atoms with Gasteiger partial charge in [-0.05, 0) is 19.3 Å². The van der Waals surface area contributed by atoms with E-state index in [9.17, 15) is 0 Å². The summed E-state index contributed by atoms with van der Waals surface area (Å²) in [6.07, 6.45) is 22.6. The van der Waals surface area contributed by atoms with Crippen molar-refractivity contribution < 1.29 is 9.84 Å². The molecule has 0 spiro atoms. The number of epoxide rings is 1. The van der Waals surface area contributed by atoms with E-state index in [1.165, 1.54) is 96.3 Å². The van der Waals surface area contributed by atoms with Crippen LogP contribution < -0.4 is 0 Å². The van der Waals surface area contributed by atoms with Gasteiger partial charge in [-0.15, -0.1) is 0 Å². The first kappa shape index (κ1) is 20.0. The highest BCUT2D eigenvalue weighted by Gasteiger charge is 2.36. The highest BCUT2D eigenvalue weighted by molar-refractivity contribution is 4.84. The van der Waals surface area contributed by atoms with E-state index in [0.717, 1.165) is 6.42 Å². The first-order valence-electron chi connectivity index (χ1n) is 10.1. The number of unbranched alkanes of at least 4 members (excludes halogenated alkanes) is 12. The second kappa shape index (κ2) is 14.5. The number of ether oxygens (including phenoxy) is 1. The van der Waals surface area contributed by atoms with Crippen molar-refractivity contribution in [2.24, 2.45) is 0 Å². The Labute approximate surface area is 139 Å². The Hall–Kier alpha value is -0.0800. The van der Waals surface area contributed by atoms with E-state index in [1.54, 1.807) is 0 Å². The van der Waals surface area contributed by atoms with Crippen LogP contribution in [0.5, 0.6) is 0 Å². The molecule has 2 heteroatoms. The maximum atomic E-state index is 8.70. The molecule has 2 nitrogen and oxygen atoms in total. The standard InChI is InChI=1S/C20H40O2/c1-2-3-16-19-20(22-19)17-14-12-10-8-6-4-5-7-9-11-13-15-18-21/h19-21H,2-18H2,1H3. The van der Waals surface area contributed by atoms with Gasteiger partial charge in [-0.2, -0.15) is 0 Å². The molecule has 0 aromatic heterocycles. The molecule has 0 aromatic rings. The van der Waals surface area contributed by atoms with Crippen molar-refractivity contribution >= 4 is 0 Å². The third kappa shape index (κ3) is 11.5. The number of aliphatic hydroxyl groups is 1. The van der Waals surface area contributed by atoms with Crippen LogP contribution in [0.4, 0.5) is 0 Å². The predicted molar refractivity (Wildman–Crippen MR) is 95.3 cm³/mol. The quantitative estimate of drug-likeness (QED) is 0.263. The van der Waals surface area contributed by atoms with Gasteiger partial charge in [0.05, 0.1) is 12.2 Å². The van der Waals surface area contributed by atoms with E-state index in [0.29, 0.717) is 18.8 Å². The highest BCUT2D eigenvalue weighted by Crippen LogP contribution is 2.31. The number of hydrogen-bond acceptors (Lipinski definition) is 2. The maximum Gasteiger partial charge on any atom is 0.0841 e. The van der Waals surface area contributed by atoms with Crippen molar-refractivity contribution in [1.82, 2.24) is 0 Å². The van der Waals surface area contributed by atoms with E-state index in [-0.39, 0.29) is 0 Å². The van der Waals surface area contributed by atoms with Crippen LogP contribution in [0.25, 0.3) is 0 Å². The Morgan fingerprint density at radius 1 is 0.591 bits per heavy atom. The minimum Gasteiger partial charge on any atom is -0.396 e. The van der Waals surface area contributed by atoms with Crippen molar-refractivity contribution in [2.75, 3.05) is 6.61 Å². The third-order valence-electron chi connectivity index (χ3n) is 4.93. The molecule has 1 N–H and O–H groups in total. The average Bonchev–Trinajstić information content (AvgIpc) is 3.28. The summed E-state index contributed by atoms with van der Waals surface area (Å²) in [6.45, 7) is 2.63. The number of rotatable bonds is 17. The van der Waals surface area contributed by atoms with Gasteiger partial charge >= 0.3 is 0 Å². The molecule has 0 radical (unpaired) electrons. The summed E-state index contributed by atoms with van der Waals surface area (Å²) in [5.74, 6) is 0. The topological polar surface area (TPSA) is 32.8 Å². The molecule has 0 saturated carbocycles. The van der Waals surface area contributed by atoms with Gasteiger partial charge in [-0.1, -0.05) is 90.4 Å². The monoisotopic (exact) mass is 312 g/mol. The lowest BCUT2D eigenvalue weighted by Gasteiger charge is -2.02. The largest absolute Gasteiger partial charge is 0.396 e. The van der Waals surface area contributed by atoms with Gasteiger partial charge in [0, 0.05) is 6.61 Å². The Morgan fingerprint density at radius 3 is 1.45 bits per heavy atom. The van der Waals surface area contributed by atoms with Crippen LogP contribution in [-0.2, 0) is 4.74 Å². The molecule has 0 amide bonds. The number of aliphatic hydroxyl groups excluding tert-OH is 1. The molecule has 2 unspecified atom stereocenters. The fourth-order valence-corrected chi connectivity index (χ4v) is 3.32. The van der Waals surface area contributed by atoms with E-state index in [4.69, 9.17) is 9.84 Å². The Bertz CT molecular complexity index is 230. The van der Waals surface area contributed by atoms with Crippen LogP contribution in [0.1, 0.15) is 110 Å². The Kier molecular flexibility index (Phi) is 13.2. The van der Waals surface area contributed by atoms with Crippen molar-refractivity contribution in [3.05, 3.63) is 0 Å². The lowest BCUT2D eigenvalue weighted by molar-refractivity contribution is 0.282. The zero-order valence-electron chi connectivity index (χ0n) is 15.0. The number of hydrogen-bond donors (Lipinski definition) is 1. The van der Waals surface area contributed by atoms with Gasteiger partial charge in [0.15, 0.2) is 0 Å². The van der Waals surface area contributed by atoms with Crippen LogP contribution >= 0.6 is 0 Å². The predicted octanol–water partition coefficient (Wildman–Crippen LogP) is 6.01. The second-order valence-corrected chi connectivity index (χ2v) is 7.11. The zero-order chi connectivity index (χ0) is 15.9. The third-order valence-corrected chi connectivity index (χ3v) is 4.93. The summed E-state index contributed by atoms with van der Waals surface area (Å²) >= 11 is 0. The molecule has 0 aromatic carbocycles. The van der Waals surface area contributed by atoms with Crippen LogP contribution in [0.2, 0.25) is 0 Å². The lowest BCUT2D eigenvalue weighted by atomic mass is 10.0. The first-order valence-corrected chi connectivity index (χ1v) is 10.1. The van der Waals surface area contributed by atoms with E-state index in [2.05, 4.69) is 6.92 Å². The van der Waals surface area contributed by atoms with E-state index >= 15 is 0 Å². The normalized spacial score (nSPS) is 20.5. The minimum atomic E-state index is 0.367. The molecule has 1 fully saturated rings. The van der Waals surface area contributed by atoms with Crippen LogP contribution in [0, 0.1) is 0 Å². The lowest BCUT2D eigenvalue weighted by Crippen LogP contribution is -1.94. The van der Waals surface area contributed by atoms with E-state index < -0.39 is 0 Å². The summed E-state index contributed by atoms with van der Waals surface area (Å²) in [4.78, 5) is 0. The second-order valence-electron chi connectivity index (χ2n) is 7.11. The molecule has 22 heavy (non-hydrogen) atoms. The molecular weight excluding hydrogens is 272 g/mol. The molecule has 0 aliphatic carbocycles. The van der Waals surface area contributed by atoms with Crippen molar-refractivity contribution in [3.8, 4) is 0 Å². The van der Waals surface area contributed by atoms with Gasteiger partial charge < -0.3 is 9.84 Å². The Balaban J connectivity index is 1.67. The highest BCUT2D eigenvalue weighted by atomic mass is 16.6. The SMILES string of the molecule is CCCCC1OC1CCCCCCCCCCCCCCO. The molecule has 1 saturated heterocycles. The molecule has 1 rings (SSSR count). The van der Waals surface area contributed by atoms with E-state index in [1.807, 2.05) is 0 Å². The van der Waals surface area contributed by atoms with Crippen molar-refractivity contribution in [1.29, 1.82) is 0 Å². The molecule has 1 aliphatic rings. The zero-order valence-corrected chi connectivity index (χ0v) is 15.0. The van der Waals surface area contributed by atoms with Crippen LogP contribution in [0.15, 0.2) is 0 Å². The van der Waals surface area contributed by atoms with Gasteiger partial charge in [0.1, 0.15) is 0 Å². The molecule has 1 heterocycles. The maximum absolute atomic E-state index is 8.70. The molecule has 0 bridgehead atoms. The minimum absolute atomic E-state index is 0.367. The summed E-state index contributed by atoms with van der Waals surface area (Å²) in [7, 11) is 0. The van der Waals surface area contributed by atoms with Crippen molar-refractivity contribution in [3.63, 3.8) is 0 Å². The fourth-order valence-electron chi connectivity index (χ4n) is 3.32. The fraction of sp³-hybridized carbons (Fsp3) is 1.00. The van der Waals surface area contributed by atoms with Crippen molar-refractivity contribution in [2.45, 2.75) is 122 Å². The molecule has 1 aliphatic heterocycles. The summed E-state index contributed by atoms with van der Waals surface area (Å²) in [5.41, 5.74) is 0. The first-order chi connectivity index (χ1) is 10.9. The van der Waals surface area contributed by atoms with Crippen LogP contribution in [0.3, 0.4) is 0 Å². The summed E-state index contributed by atoms with van der Waals surface area (Å²) in [5, 5.41) is 8.70. The molecule has 2 atom stereocenters. The van der Waals surface area contributed by atoms with Crippen LogP contribution in [-0.4, -0.2) is 23.9 Å². The summed E-state index contributed by atoms with van der Waals surface area (Å²) < 4.78 is 5.71. The molecule has 132 valence electrons. The molecular formula is C20H40O2. The van der Waals surface area contributed by atoms with Gasteiger partial charge in [-0.25, -0.2) is 0 Å².